The van der Waals surface area contributed by atoms with Crippen LogP contribution in [0.25, 0.3) is 0 Å². The van der Waals surface area contributed by atoms with Crippen LogP contribution in [0.2, 0.25) is 27.1 Å². The summed E-state index contributed by atoms with van der Waals surface area (Å²) < 4.78 is 0. The van der Waals surface area contributed by atoms with Crippen LogP contribution in [0.3, 0.4) is 0 Å². The molecule has 1 rings (SSSR count). The van der Waals surface area contributed by atoms with Gasteiger partial charge in [0.2, 0.25) is 0 Å². The molecule has 0 N–H and O–H groups in total. The van der Waals surface area contributed by atoms with E-state index in [1.807, 2.05) is 4.82 Å². The first-order chi connectivity index (χ1) is 6.80. The molecular weight excluding hydrogens is 643 g/mol. The van der Waals surface area contributed by atoms with Crippen LogP contribution in [0.15, 0.2) is 0 Å². The second kappa shape index (κ2) is 6.40. The molecule has 1 aliphatic carbocycles. The second-order valence-electron chi connectivity index (χ2n) is 2.88. The van der Waals surface area contributed by atoms with Crippen molar-refractivity contribution in [3.63, 3.8) is 0 Å². The average Bonchev–Trinajstić information content (AvgIpc) is 2.70. The molecule has 0 aromatic rings. The zero-order valence-corrected chi connectivity index (χ0v) is 20.8. The molecule has 1 fully saturated rings. The third-order valence-electron chi connectivity index (χ3n) is 1.47. The molecule has 0 spiro atoms. The standard InChI is InChI=1S/C6H11Se3.6ClH.Sb/c1-7-4-5(8-2)6(4)9-3;;;;;;;/h4-5H,1-3H3;6*1H;/q+1;;;;;;;+5/p-6. The van der Waals surface area contributed by atoms with Crippen molar-refractivity contribution in [1.29, 1.82) is 0 Å². The Bertz CT molecular complexity index is 201. The van der Waals surface area contributed by atoms with Gasteiger partial charge in [0.25, 0.3) is 0 Å². The van der Waals surface area contributed by atoms with Gasteiger partial charge in [-0.15, -0.1) is 0 Å². The molecule has 0 nitrogen and oxygen atoms in total. The van der Waals surface area contributed by atoms with Crippen LogP contribution in [-0.2, 0) is 0 Å². The van der Waals surface area contributed by atoms with Gasteiger partial charge < -0.3 is 0 Å². The molecule has 0 amide bonds. The Labute approximate surface area is 136 Å². The summed E-state index contributed by atoms with van der Waals surface area (Å²) in [5.41, 5.74) is 0. The van der Waals surface area contributed by atoms with Crippen LogP contribution in [0.4, 0.5) is 0 Å². The van der Waals surface area contributed by atoms with Gasteiger partial charge in [0.15, 0.2) is 0 Å². The Hall–Kier alpha value is 3.99. The van der Waals surface area contributed by atoms with Crippen molar-refractivity contribution in [3.8, 4) is 0 Å². The van der Waals surface area contributed by atoms with Crippen LogP contribution in [0, 0.1) is 4.82 Å². The average molecular weight is 655 g/mol. The van der Waals surface area contributed by atoms with Crippen LogP contribution >= 0.6 is 53.0 Å². The van der Waals surface area contributed by atoms with Crippen molar-refractivity contribution in [2.24, 2.45) is 0 Å². The monoisotopic (exact) mass is 654 g/mol. The summed E-state index contributed by atoms with van der Waals surface area (Å²) in [5, 5.41) is 0. The first-order valence-electron chi connectivity index (χ1n) is 3.83. The summed E-state index contributed by atoms with van der Waals surface area (Å²) in [6.45, 7) is 0. The molecule has 1 saturated carbocycles. The molecule has 0 radical (unpaired) electrons. The summed E-state index contributed by atoms with van der Waals surface area (Å²) in [6.07, 6.45) is 0. The summed E-state index contributed by atoms with van der Waals surface area (Å²) in [5.74, 6) is 7.14. The zero-order valence-electron chi connectivity index (χ0n) is 8.59. The van der Waals surface area contributed by atoms with Gasteiger partial charge >= 0.3 is 139 Å². The molecule has 0 saturated heterocycles. The number of rotatable bonds is 3. The van der Waals surface area contributed by atoms with Gasteiger partial charge in [-0.25, -0.2) is 0 Å². The molecule has 0 aromatic heterocycles. The molecule has 2 unspecified atom stereocenters. The molecular formula is C6H11Cl6SbSe3. The van der Waals surface area contributed by atoms with E-state index in [4.69, 9.17) is 53.0 Å². The molecule has 0 bridgehead atoms. The van der Waals surface area contributed by atoms with Crippen LogP contribution in [0.1, 0.15) is 0 Å². The quantitative estimate of drug-likeness (QED) is 0.293. The Morgan fingerprint density at radius 1 is 0.812 bits per heavy atom. The van der Waals surface area contributed by atoms with Crippen molar-refractivity contribution in [2.75, 3.05) is 0 Å². The predicted octanol–water partition coefficient (Wildman–Crippen LogP) is 5.12. The Morgan fingerprint density at radius 2 is 1.06 bits per heavy atom. The van der Waals surface area contributed by atoms with Crippen molar-refractivity contribution >= 4 is 107 Å². The van der Waals surface area contributed by atoms with Gasteiger partial charge in [0.05, 0.1) is 0 Å². The van der Waals surface area contributed by atoms with Crippen LogP contribution < -0.4 is 0 Å². The van der Waals surface area contributed by atoms with Crippen molar-refractivity contribution in [3.05, 3.63) is 4.82 Å². The van der Waals surface area contributed by atoms with Gasteiger partial charge in [-0.1, -0.05) is 0 Å². The minimum atomic E-state index is -5.42. The van der Waals surface area contributed by atoms with E-state index in [2.05, 4.69) is 17.5 Å². The van der Waals surface area contributed by atoms with Crippen molar-refractivity contribution in [1.82, 2.24) is 0 Å². The van der Waals surface area contributed by atoms with E-state index in [9.17, 15) is 0 Å². The fourth-order valence-electron chi connectivity index (χ4n) is 0.908. The molecule has 0 aromatic carbocycles. The number of hydrogen-bond donors (Lipinski definition) is 0. The van der Waals surface area contributed by atoms with E-state index in [-0.39, 0.29) is 0 Å². The van der Waals surface area contributed by atoms with Gasteiger partial charge in [0, 0.05) is 0 Å². The molecule has 0 heterocycles. The van der Waals surface area contributed by atoms with Gasteiger partial charge in [0.1, 0.15) is 0 Å². The van der Waals surface area contributed by atoms with E-state index in [1.54, 1.807) is 0 Å². The van der Waals surface area contributed by atoms with E-state index < -0.39 is 9.14 Å². The zero-order chi connectivity index (χ0) is 13.3. The maximum atomic E-state index is 5.06. The van der Waals surface area contributed by atoms with Crippen molar-refractivity contribution < 1.29 is 0 Å². The minimum absolute atomic E-state index is 0.880. The number of hydrogen-bond acceptors (Lipinski definition) is 0. The molecule has 0 aliphatic heterocycles. The molecule has 10 heteroatoms. The Kier molecular flexibility index (Phi) is 7.99. The fraction of sp³-hybridized carbons (Fsp3) is 0.833. The summed E-state index contributed by atoms with van der Waals surface area (Å²) in [6, 6.07) is 0. The third kappa shape index (κ3) is 13.0. The SMILES string of the molecule is C[Se][C+]1C([Se]C)C1[Se]C.[Cl][Sb-]([Cl])([Cl])([Cl])([Cl])[Cl]. The molecule has 16 heavy (non-hydrogen) atoms. The summed E-state index contributed by atoms with van der Waals surface area (Å²) >= 11 is 2.73. The van der Waals surface area contributed by atoms with E-state index >= 15 is 0 Å². The van der Waals surface area contributed by atoms with Gasteiger partial charge in [-0.05, 0) is 0 Å². The summed E-state index contributed by atoms with van der Waals surface area (Å²) in [4.78, 5) is 4.22. The van der Waals surface area contributed by atoms with Gasteiger partial charge in [-0.2, -0.15) is 0 Å². The maximum absolute atomic E-state index is 5.42. The van der Waals surface area contributed by atoms with E-state index in [0.29, 0.717) is 0 Å². The predicted molar refractivity (Wildman–Crippen MR) is 86.5 cm³/mol. The fourth-order valence-corrected chi connectivity index (χ4v) is 13.2. The first-order valence-corrected chi connectivity index (χ1v) is 31.2. The molecule has 1 aliphatic rings. The Balaban J connectivity index is 0.000000293. The van der Waals surface area contributed by atoms with E-state index in [1.165, 1.54) is 0 Å². The normalized spacial score (nSPS) is 28.7. The summed E-state index contributed by atoms with van der Waals surface area (Å²) in [7, 11) is 25.0. The number of halogens is 6. The van der Waals surface area contributed by atoms with Crippen LogP contribution in [0.5, 0.6) is 0 Å². The molecule has 2 atom stereocenters. The third-order valence-corrected chi connectivity index (χ3v) is 10.2. The van der Waals surface area contributed by atoms with Crippen LogP contribution in [-0.4, -0.2) is 54.0 Å². The van der Waals surface area contributed by atoms with E-state index in [0.717, 1.165) is 54.5 Å². The topological polar surface area (TPSA) is 0 Å². The first kappa shape index (κ1) is 20.0. The van der Waals surface area contributed by atoms with Gasteiger partial charge in [-0.3, -0.25) is 0 Å². The van der Waals surface area contributed by atoms with Crippen molar-refractivity contribution in [2.45, 2.75) is 27.1 Å². The Morgan fingerprint density at radius 3 is 1.12 bits per heavy atom. The second-order valence-corrected chi connectivity index (χ2v) is 65.7. The molecule has 100 valence electrons.